The molecule has 22 heavy (non-hydrogen) atoms. The van der Waals surface area contributed by atoms with Crippen molar-refractivity contribution in [1.82, 2.24) is 0 Å². The molecule has 0 atom stereocenters. The molecule has 0 amide bonds. The minimum Gasteiger partial charge on any atom is -0.759 e. The summed E-state index contributed by atoms with van der Waals surface area (Å²) >= 11 is 0. The van der Waals surface area contributed by atoms with Gasteiger partial charge in [-0.15, -0.1) is 0 Å². The van der Waals surface area contributed by atoms with E-state index in [1.807, 2.05) is 0 Å². The van der Waals surface area contributed by atoms with Gasteiger partial charge >= 0.3 is 43.4 Å². The Kier molecular flexibility index (Phi) is 27.0. The zero-order valence-electron chi connectivity index (χ0n) is 9.16. The molecule has 0 saturated carbocycles. The quantitative estimate of drug-likeness (QED) is 0.177. The van der Waals surface area contributed by atoms with E-state index >= 15 is 0 Å². The first-order valence-corrected chi connectivity index (χ1v) is 8.00. The third kappa shape index (κ3) is 10000. The Labute approximate surface area is 154 Å². The first-order valence-electron chi connectivity index (χ1n) is 2.67. The van der Waals surface area contributed by atoms with E-state index < -0.39 is 41.6 Å². The molecular formula is O16S4Ti2. The summed E-state index contributed by atoms with van der Waals surface area (Å²) in [5.41, 5.74) is 0. The zero-order chi connectivity index (χ0) is 18.0. The van der Waals surface area contributed by atoms with Gasteiger partial charge in [0.1, 0.15) is 0 Å². The minimum absolute atomic E-state index is 0. The molecule has 0 aliphatic rings. The second-order valence-electron chi connectivity index (χ2n) is 1.63. The van der Waals surface area contributed by atoms with Gasteiger partial charge in [0.05, 0.1) is 0 Å². The summed E-state index contributed by atoms with van der Waals surface area (Å²) in [5, 5.41) is 0. The Morgan fingerprint density at radius 3 is 0.318 bits per heavy atom. The predicted octanol–water partition coefficient (Wildman–Crippen LogP) is -5.36. The van der Waals surface area contributed by atoms with Gasteiger partial charge in [0.15, 0.2) is 0 Å². The van der Waals surface area contributed by atoms with Gasteiger partial charge in [-0.05, 0) is 0 Å². The maximum absolute atomic E-state index is 8.52. The van der Waals surface area contributed by atoms with Crippen LogP contribution < -0.4 is 0 Å². The monoisotopic (exact) mass is 480 g/mol. The fraction of sp³-hybridized carbons (Fsp3) is 0. The first kappa shape index (κ1) is 38.5. The van der Waals surface area contributed by atoms with Crippen LogP contribution in [0.1, 0.15) is 0 Å². The summed E-state index contributed by atoms with van der Waals surface area (Å²) in [6.45, 7) is 0. The smallest absolute Gasteiger partial charge is 0.759 e. The fourth-order valence-corrected chi connectivity index (χ4v) is 0. The van der Waals surface area contributed by atoms with Crippen LogP contribution in [-0.4, -0.2) is 70.1 Å². The van der Waals surface area contributed by atoms with Crippen LogP contribution in [0, 0.1) is 0 Å². The summed E-state index contributed by atoms with van der Waals surface area (Å²) in [5.74, 6) is 0. The number of rotatable bonds is 0. The maximum atomic E-state index is 8.52. The zero-order valence-corrected chi connectivity index (χ0v) is 15.6. The van der Waals surface area contributed by atoms with Crippen molar-refractivity contribution in [2.45, 2.75) is 0 Å². The summed E-state index contributed by atoms with van der Waals surface area (Å²) < 4.78 is 136. The van der Waals surface area contributed by atoms with E-state index in [4.69, 9.17) is 70.1 Å². The van der Waals surface area contributed by atoms with E-state index in [0.29, 0.717) is 0 Å². The van der Waals surface area contributed by atoms with Gasteiger partial charge in [-0.2, -0.15) is 0 Å². The molecule has 128 valence electrons. The van der Waals surface area contributed by atoms with E-state index in [-0.39, 0.29) is 43.4 Å². The Hall–Kier alpha value is 0.909. The van der Waals surface area contributed by atoms with Gasteiger partial charge in [0.2, 0.25) is 0 Å². The van der Waals surface area contributed by atoms with E-state index in [9.17, 15) is 0 Å². The molecule has 0 rings (SSSR count). The number of hydrogen-bond acceptors (Lipinski definition) is 16. The molecule has 0 aromatic rings. The molecule has 0 saturated heterocycles. The Morgan fingerprint density at radius 2 is 0.318 bits per heavy atom. The maximum Gasteiger partial charge on any atom is 4.00 e. The third-order valence-corrected chi connectivity index (χ3v) is 0. The third-order valence-electron chi connectivity index (χ3n) is 0. The van der Waals surface area contributed by atoms with E-state index in [1.165, 1.54) is 0 Å². The van der Waals surface area contributed by atoms with Crippen LogP contribution in [0.2, 0.25) is 0 Å². The van der Waals surface area contributed by atoms with Crippen molar-refractivity contribution in [1.29, 1.82) is 0 Å². The van der Waals surface area contributed by atoms with Crippen LogP contribution in [0.3, 0.4) is 0 Å². The molecule has 0 N–H and O–H groups in total. The van der Waals surface area contributed by atoms with Gasteiger partial charge < -0.3 is 36.4 Å². The summed E-state index contributed by atoms with van der Waals surface area (Å²) in [7, 11) is -20.7. The van der Waals surface area contributed by atoms with Crippen molar-refractivity contribution in [2.75, 3.05) is 0 Å². The standard InChI is InChI=1S/4H2O4S.2Ti/c4*1-5(2,3)4;;/h4*(H2,1,2,3,4);;/q;;;;2*+4/p-8. The average Bonchev–Trinajstić information content (AvgIpc) is 1.62. The molecule has 0 heterocycles. The topological polar surface area (TPSA) is 321 Å². The van der Waals surface area contributed by atoms with Crippen molar-refractivity contribution in [2.24, 2.45) is 0 Å². The summed E-state index contributed by atoms with van der Waals surface area (Å²) in [6, 6.07) is 0. The van der Waals surface area contributed by atoms with Crippen molar-refractivity contribution < 1.29 is 114 Å². The van der Waals surface area contributed by atoms with Gasteiger partial charge in [-0.3, -0.25) is 33.7 Å². The van der Waals surface area contributed by atoms with Crippen molar-refractivity contribution in [3.63, 3.8) is 0 Å². The van der Waals surface area contributed by atoms with Crippen LogP contribution in [0.25, 0.3) is 0 Å². The molecule has 0 aliphatic carbocycles. The van der Waals surface area contributed by atoms with Crippen LogP contribution in [0.5, 0.6) is 0 Å². The molecule has 0 aromatic carbocycles. The van der Waals surface area contributed by atoms with Crippen LogP contribution in [-0.2, 0) is 85.0 Å². The predicted molar refractivity (Wildman–Crippen MR) is 41.9 cm³/mol. The van der Waals surface area contributed by atoms with E-state index in [1.54, 1.807) is 0 Å². The minimum atomic E-state index is -5.17. The fourth-order valence-electron chi connectivity index (χ4n) is 0. The number of hydrogen-bond donors (Lipinski definition) is 0. The second-order valence-corrected chi connectivity index (χ2v) is 4.90. The molecule has 0 fully saturated rings. The molecule has 0 aromatic heterocycles. The summed E-state index contributed by atoms with van der Waals surface area (Å²) in [6.07, 6.45) is 0. The largest absolute Gasteiger partial charge is 4.00 e. The van der Waals surface area contributed by atoms with E-state index in [2.05, 4.69) is 0 Å². The second kappa shape index (κ2) is 15.4. The normalized spacial score (nSPS) is 10.5. The molecule has 0 unspecified atom stereocenters. The van der Waals surface area contributed by atoms with Crippen molar-refractivity contribution in [3.05, 3.63) is 0 Å². The SMILES string of the molecule is O=S(=O)([O-])[O-].O=S(=O)([O-])[O-].O=S(=O)([O-])[O-].O=S(=O)([O-])[O-].[Ti+4].[Ti+4]. The Morgan fingerprint density at radius 1 is 0.318 bits per heavy atom. The Balaban J connectivity index is -0.0000000376. The molecule has 0 radical (unpaired) electrons. The first-order chi connectivity index (χ1) is 8.00. The molecular weight excluding hydrogens is 480 g/mol. The average molecular weight is 480 g/mol. The molecule has 16 nitrogen and oxygen atoms in total. The van der Waals surface area contributed by atoms with Gasteiger partial charge in [-0.1, -0.05) is 0 Å². The molecule has 0 spiro atoms. The van der Waals surface area contributed by atoms with Crippen LogP contribution in [0.15, 0.2) is 0 Å². The Bertz CT molecular complexity index is 477. The van der Waals surface area contributed by atoms with Gasteiger partial charge in [0.25, 0.3) is 0 Å². The van der Waals surface area contributed by atoms with Crippen LogP contribution in [0.4, 0.5) is 0 Å². The van der Waals surface area contributed by atoms with Gasteiger partial charge in [0, 0.05) is 41.6 Å². The van der Waals surface area contributed by atoms with Crippen molar-refractivity contribution >= 4 is 41.6 Å². The molecule has 0 bridgehead atoms. The molecule has 22 heteroatoms. The molecule has 0 aliphatic heterocycles. The van der Waals surface area contributed by atoms with E-state index in [0.717, 1.165) is 0 Å². The van der Waals surface area contributed by atoms with Gasteiger partial charge in [-0.25, -0.2) is 0 Å². The summed E-state index contributed by atoms with van der Waals surface area (Å²) in [4.78, 5) is 0. The van der Waals surface area contributed by atoms with Crippen LogP contribution >= 0.6 is 0 Å². The van der Waals surface area contributed by atoms with Crippen molar-refractivity contribution in [3.8, 4) is 0 Å².